The molecule has 0 radical (unpaired) electrons. The normalized spacial score (nSPS) is 11.4. The second-order valence-electron chi connectivity index (χ2n) is 31.3. The van der Waals surface area contributed by atoms with Crippen LogP contribution in [0.15, 0.2) is 413 Å². The summed E-state index contributed by atoms with van der Waals surface area (Å²) in [4.78, 5) is 83.2. The van der Waals surface area contributed by atoms with E-state index in [4.69, 9.17) is 81.3 Å². The zero-order valence-corrected chi connectivity index (χ0v) is 69.3. The van der Waals surface area contributed by atoms with E-state index >= 15 is 0 Å². The number of fused-ring (bicyclic) bond motifs is 6. The quantitative estimate of drug-likeness (QED) is 0.0732. The predicted octanol–water partition coefficient (Wildman–Crippen LogP) is 26.0. The zero-order valence-electron chi connectivity index (χ0n) is 69.3. The summed E-state index contributed by atoms with van der Waals surface area (Å²) < 4.78 is 4.61. The summed E-state index contributed by atoms with van der Waals surface area (Å²) in [5.41, 5.74) is 18.7. The van der Waals surface area contributed by atoms with Crippen molar-refractivity contribution in [1.29, 1.82) is 0 Å². The summed E-state index contributed by atoms with van der Waals surface area (Å²) in [7, 11) is 0. The molecule has 0 aliphatic heterocycles. The third kappa shape index (κ3) is 14.6. The Morgan fingerprint density at radius 1 is 0.154 bits per heavy atom. The molecule has 0 amide bonds. The number of hydrogen-bond acceptors (Lipinski definition) is 15. The average Bonchev–Trinajstić information content (AvgIpc) is 1.56. The van der Waals surface area contributed by atoms with E-state index in [1.54, 1.807) is 0 Å². The Balaban J connectivity index is 0.800. The van der Waals surface area contributed by atoms with E-state index in [2.05, 4.69) is 111 Å². The Bertz CT molecular complexity index is 7660. The molecule has 130 heavy (non-hydrogen) atoms. The minimum Gasteiger partial charge on any atom is -0.309 e. The summed E-state index contributed by atoms with van der Waals surface area (Å²) in [6.07, 6.45) is 0. The Morgan fingerprint density at radius 2 is 0.315 bits per heavy atom. The van der Waals surface area contributed by atoms with E-state index in [0.717, 1.165) is 138 Å². The van der Waals surface area contributed by atoms with E-state index in [-0.39, 0.29) is 0 Å². The molecule has 0 N–H and O–H groups in total. The molecule has 23 rings (SSSR count). The molecule has 0 saturated carbocycles. The highest BCUT2D eigenvalue weighted by Crippen LogP contribution is 2.47. The van der Waals surface area contributed by atoms with Crippen LogP contribution >= 0.6 is 0 Å². The minimum absolute atomic E-state index is 0.399. The third-order valence-electron chi connectivity index (χ3n) is 23.2. The fourth-order valence-electron chi connectivity index (χ4n) is 16.9. The Hall–Kier alpha value is -18.3. The van der Waals surface area contributed by atoms with Crippen LogP contribution in [0.3, 0.4) is 0 Å². The van der Waals surface area contributed by atoms with Crippen molar-refractivity contribution >= 4 is 49.3 Å². The van der Waals surface area contributed by atoms with Crippen LogP contribution in [-0.4, -0.2) is 83.9 Å². The fraction of sp³-hybridized carbons (Fsp3) is 0. The first kappa shape index (κ1) is 76.5. The van der Waals surface area contributed by atoms with E-state index < -0.39 is 0 Å². The molecular weight excluding hydrogens is 1600 g/mol. The highest BCUT2D eigenvalue weighted by Gasteiger charge is 2.28. The van der Waals surface area contributed by atoms with E-state index in [1.807, 2.05) is 315 Å². The van der Waals surface area contributed by atoms with Crippen LogP contribution in [0.2, 0.25) is 0 Å². The summed E-state index contributed by atoms with van der Waals surface area (Å²) in [6.45, 7) is 9.05. The average molecular weight is 1670 g/mol. The van der Waals surface area contributed by atoms with Gasteiger partial charge in [0.1, 0.15) is 0 Å². The summed E-state index contributed by atoms with van der Waals surface area (Å²) >= 11 is 0. The molecule has 0 spiro atoms. The molecule has 18 heteroatoms. The zero-order chi connectivity index (χ0) is 86.4. The van der Waals surface area contributed by atoms with Gasteiger partial charge in [-0.3, -0.25) is 0 Å². The van der Waals surface area contributed by atoms with Crippen molar-refractivity contribution in [3.63, 3.8) is 0 Å². The monoisotopic (exact) mass is 1660 g/mol. The maximum Gasteiger partial charge on any atom is 0.188 e. The Kier molecular flexibility index (Phi) is 19.5. The van der Waals surface area contributed by atoms with Gasteiger partial charge in [-0.15, -0.1) is 0 Å². The number of benzene rings is 16. The number of rotatable bonds is 18. The highest BCUT2D eigenvalue weighted by molar-refractivity contribution is 6.14. The first-order chi connectivity index (χ1) is 64.3. The molecule has 0 fully saturated rings. The van der Waals surface area contributed by atoms with Crippen LogP contribution in [-0.2, 0) is 0 Å². The smallest absolute Gasteiger partial charge is 0.188 e. The van der Waals surface area contributed by atoms with Crippen molar-refractivity contribution in [1.82, 2.24) is 83.9 Å². The molecule has 0 saturated heterocycles. The molecule has 0 unspecified atom stereocenters. The van der Waals surface area contributed by atoms with Crippen LogP contribution in [0, 0.1) is 6.57 Å². The van der Waals surface area contributed by atoms with Crippen molar-refractivity contribution in [3.05, 3.63) is 424 Å². The summed E-state index contributed by atoms with van der Waals surface area (Å²) in [6, 6.07) is 138. The lowest BCUT2D eigenvalue weighted by molar-refractivity contribution is 1.07. The lowest BCUT2D eigenvalue weighted by atomic mass is 9.97. The van der Waals surface area contributed by atoms with Gasteiger partial charge in [-0.25, -0.2) is 79.6 Å². The predicted molar refractivity (Wildman–Crippen MR) is 515 cm³/mol. The molecule has 0 atom stereocenters. The molecule has 606 valence electrons. The van der Waals surface area contributed by atoms with Gasteiger partial charge in [-0.1, -0.05) is 309 Å². The van der Waals surface area contributed by atoms with E-state index in [1.165, 1.54) is 0 Å². The number of aromatic nitrogens is 17. The molecule has 23 aromatic rings. The molecule has 7 heterocycles. The molecule has 16 aromatic carbocycles. The summed E-state index contributed by atoms with van der Waals surface area (Å²) in [5.74, 6) is 7.54. The van der Waals surface area contributed by atoms with Gasteiger partial charge >= 0.3 is 0 Å². The Labute approximate surface area is 745 Å². The topological polar surface area (TPSA) is 208 Å². The van der Waals surface area contributed by atoms with Gasteiger partial charge in [0.2, 0.25) is 0 Å². The van der Waals surface area contributed by atoms with Crippen molar-refractivity contribution in [2.75, 3.05) is 0 Å². The van der Waals surface area contributed by atoms with Crippen LogP contribution in [0.1, 0.15) is 0 Å². The minimum atomic E-state index is 0.399. The van der Waals surface area contributed by atoms with Gasteiger partial charge in [0.25, 0.3) is 0 Å². The SMILES string of the molecule is [C-]#[N+]c1ccc(-n2c3ccc(-c4nc(-c5ccccc5)nc(-c5ccccc5)n4)cc3c3cc(-c4nc(-c5ccccc5)nc(-c5ccccc5)n4)ccc32)c(-c2cc(-c3nc(-c4ccccc4)nc(-c4ccccc4)n3)ccc2-n2c3ccc(-c4nc(-c5ccccc5)nc(-c5ccccc5)n4)cc3c3cc(-c4nc(-c5ccccc5)nc(-c5ccccc5)n4)ccc32)c1. The molecule has 18 nitrogen and oxygen atoms in total. The lowest BCUT2D eigenvalue weighted by Crippen LogP contribution is -2.04. The second-order valence-corrected chi connectivity index (χ2v) is 31.3. The van der Waals surface area contributed by atoms with Gasteiger partial charge in [0.05, 0.1) is 40.0 Å². The highest BCUT2D eigenvalue weighted by atomic mass is 15.1. The molecule has 0 aliphatic rings. The largest absolute Gasteiger partial charge is 0.309 e. The van der Waals surface area contributed by atoms with Gasteiger partial charge in [-0.2, -0.15) is 0 Å². The van der Waals surface area contributed by atoms with Crippen molar-refractivity contribution in [3.8, 4) is 193 Å². The van der Waals surface area contributed by atoms with Crippen molar-refractivity contribution in [2.24, 2.45) is 0 Å². The van der Waals surface area contributed by atoms with Crippen LogP contribution in [0.4, 0.5) is 5.69 Å². The first-order valence-corrected chi connectivity index (χ1v) is 42.5. The summed E-state index contributed by atoms with van der Waals surface area (Å²) in [5, 5.41) is 3.46. The second kappa shape index (κ2) is 33.0. The standard InChI is InChI=1S/C112H68N18/c1-113-85-57-63-97(130-94-60-54-82(110-123-102(74-40-20-6-21-41-74)116-103(124-110)75-42-22-7-23-43-75)66-88(94)89-67-83(55-61-95(89)130)111-125-104(76-44-24-8-25-45-76)117-105(126-111)77-46-26-9-27-47-77)91(69-85)90-68-84(112-127-106(78-48-28-10-29-49-78)118-107(128-112)79-50-30-11-31-51-79)56-62-96(90)129-92-58-52-80(108-119-98(70-32-12-2-13-33-70)114-99(120-108)71-34-14-3-15-35-71)64-86(92)87-65-81(53-59-93(87)129)109-121-100(72-36-16-4-17-37-72)115-101(122-109)73-38-18-5-19-39-73/h2-69H. The fourth-order valence-corrected chi connectivity index (χ4v) is 16.9. The van der Waals surface area contributed by atoms with E-state index in [0.29, 0.717) is 104 Å². The maximum atomic E-state index is 9.05. The third-order valence-corrected chi connectivity index (χ3v) is 23.2. The van der Waals surface area contributed by atoms with Crippen molar-refractivity contribution in [2.45, 2.75) is 0 Å². The number of hydrogen-bond donors (Lipinski definition) is 0. The Morgan fingerprint density at radius 3 is 0.508 bits per heavy atom. The molecule has 0 aliphatic carbocycles. The van der Waals surface area contributed by atoms with Crippen LogP contribution < -0.4 is 0 Å². The molecule has 7 aromatic heterocycles. The lowest BCUT2D eigenvalue weighted by Gasteiger charge is -2.20. The van der Waals surface area contributed by atoms with Gasteiger partial charge in [-0.05, 0) is 109 Å². The van der Waals surface area contributed by atoms with Crippen LogP contribution in [0.25, 0.3) is 242 Å². The van der Waals surface area contributed by atoms with Crippen molar-refractivity contribution < 1.29 is 0 Å². The number of nitrogens with zero attached hydrogens (tertiary/aromatic N) is 18. The molecular formula is C112H68N18. The molecule has 0 bridgehead atoms. The van der Waals surface area contributed by atoms with Crippen LogP contribution in [0.5, 0.6) is 0 Å². The maximum absolute atomic E-state index is 9.05. The van der Waals surface area contributed by atoms with Gasteiger partial charge in [0.15, 0.2) is 93.1 Å². The first-order valence-electron chi connectivity index (χ1n) is 42.5. The van der Waals surface area contributed by atoms with E-state index in [9.17, 15) is 0 Å². The van der Waals surface area contributed by atoms with Gasteiger partial charge < -0.3 is 9.13 Å². The van der Waals surface area contributed by atoms with Gasteiger partial charge in [0, 0.05) is 111 Å².